The minimum Gasteiger partial charge on any atom is -0.338 e. The Balaban J connectivity index is 2.17. The van der Waals surface area contributed by atoms with Crippen molar-refractivity contribution in [2.24, 2.45) is 5.92 Å². The lowest BCUT2D eigenvalue weighted by Gasteiger charge is -2.05. The van der Waals surface area contributed by atoms with E-state index in [0.717, 1.165) is 35.3 Å². The zero-order valence-corrected chi connectivity index (χ0v) is 9.57. The number of rotatable bonds is 3. The molecule has 1 aliphatic rings. The Morgan fingerprint density at radius 3 is 2.88 bits per heavy atom. The molecular weight excluding hydrogens is 222 g/mol. The van der Waals surface area contributed by atoms with Crippen LogP contribution in [0.3, 0.4) is 0 Å². The second-order valence-electron chi connectivity index (χ2n) is 4.44. The summed E-state index contributed by atoms with van der Waals surface area (Å²) in [5.74, 6) is 0.755. The first-order valence-electron chi connectivity index (χ1n) is 5.52. The van der Waals surface area contributed by atoms with Crippen molar-refractivity contribution in [3.8, 4) is 0 Å². The summed E-state index contributed by atoms with van der Waals surface area (Å²) in [5, 5.41) is 1.77. The molecule has 0 atom stereocenters. The van der Waals surface area contributed by atoms with Gasteiger partial charge >= 0.3 is 0 Å². The first-order valence-corrected chi connectivity index (χ1v) is 5.89. The molecule has 82 valence electrons. The van der Waals surface area contributed by atoms with Gasteiger partial charge < -0.3 is 4.57 Å². The van der Waals surface area contributed by atoms with Crippen molar-refractivity contribution in [2.75, 3.05) is 0 Å². The van der Waals surface area contributed by atoms with Crippen molar-refractivity contribution < 1.29 is 4.79 Å². The third kappa shape index (κ3) is 1.63. The second-order valence-corrected chi connectivity index (χ2v) is 4.88. The number of benzene rings is 1. The molecule has 3 rings (SSSR count). The quantitative estimate of drug-likeness (QED) is 0.744. The topological polar surface area (TPSA) is 22.0 Å². The smallest absolute Gasteiger partial charge is 0.166 e. The fraction of sp³-hybridized carbons (Fsp3) is 0.308. The van der Waals surface area contributed by atoms with Crippen LogP contribution >= 0.6 is 11.6 Å². The summed E-state index contributed by atoms with van der Waals surface area (Å²) in [6.07, 6.45) is 3.49. The van der Waals surface area contributed by atoms with E-state index < -0.39 is 0 Å². The SMILES string of the molecule is O=Cc1cc2cc(Cl)ccc2n1CC1CC1. The van der Waals surface area contributed by atoms with Crippen molar-refractivity contribution >= 4 is 28.8 Å². The van der Waals surface area contributed by atoms with E-state index in [4.69, 9.17) is 11.6 Å². The van der Waals surface area contributed by atoms with E-state index in [0.29, 0.717) is 5.02 Å². The first kappa shape index (κ1) is 9.91. The Morgan fingerprint density at radius 1 is 1.38 bits per heavy atom. The molecule has 0 N–H and O–H groups in total. The van der Waals surface area contributed by atoms with Crippen LogP contribution in [0.2, 0.25) is 5.02 Å². The van der Waals surface area contributed by atoms with Crippen LogP contribution in [0.25, 0.3) is 10.9 Å². The van der Waals surface area contributed by atoms with Gasteiger partial charge in [0.2, 0.25) is 0 Å². The van der Waals surface area contributed by atoms with Gasteiger partial charge in [-0.2, -0.15) is 0 Å². The van der Waals surface area contributed by atoms with E-state index in [9.17, 15) is 4.79 Å². The molecule has 1 aromatic carbocycles. The highest BCUT2D eigenvalue weighted by atomic mass is 35.5. The molecule has 0 aliphatic heterocycles. The third-order valence-corrected chi connectivity index (χ3v) is 3.39. The average molecular weight is 234 g/mol. The minimum atomic E-state index is 0.716. The summed E-state index contributed by atoms with van der Waals surface area (Å²) in [5.41, 5.74) is 1.86. The number of hydrogen-bond donors (Lipinski definition) is 0. The Labute approximate surface area is 98.8 Å². The fourth-order valence-corrected chi connectivity index (χ4v) is 2.30. The monoisotopic (exact) mass is 233 g/mol. The molecule has 0 amide bonds. The number of halogens is 1. The third-order valence-electron chi connectivity index (χ3n) is 3.15. The Bertz CT molecular complexity index is 554. The van der Waals surface area contributed by atoms with E-state index in [1.54, 1.807) is 0 Å². The number of aromatic nitrogens is 1. The van der Waals surface area contributed by atoms with Crippen LogP contribution in [0.15, 0.2) is 24.3 Å². The van der Waals surface area contributed by atoms with Gasteiger partial charge in [-0.05, 0) is 43.0 Å². The van der Waals surface area contributed by atoms with Crippen molar-refractivity contribution in [2.45, 2.75) is 19.4 Å². The number of hydrogen-bond acceptors (Lipinski definition) is 1. The zero-order valence-electron chi connectivity index (χ0n) is 8.82. The highest BCUT2D eigenvalue weighted by Gasteiger charge is 2.23. The molecule has 0 radical (unpaired) electrons. The molecule has 0 saturated heterocycles. The highest BCUT2D eigenvalue weighted by molar-refractivity contribution is 6.31. The van der Waals surface area contributed by atoms with Gasteiger partial charge in [0.15, 0.2) is 6.29 Å². The van der Waals surface area contributed by atoms with Gasteiger partial charge in [0.05, 0.1) is 5.69 Å². The lowest BCUT2D eigenvalue weighted by atomic mass is 10.2. The lowest BCUT2D eigenvalue weighted by Crippen LogP contribution is -2.03. The van der Waals surface area contributed by atoms with Crippen LogP contribution in [-0.4, -0.2) is 10.9 Å². The lowest BCUT2D eigenvalue weighted by molar-refractivity contribution is 0.111. The van der Waals surface area contributed by atoms with E-state index in [1.807, 2.05) is 24.3 Å². The van der Waals surface area contributed by atoms with Gasteiger partial charge in [-0.3, -0.25) is 4.79 Å². The summed E-state index contributed by atoms with van der Waals surface area (Å²) in [4.78, 5) is 11.0. The number of aldehydes is 1. The van der Waals surface area contributed by atoms with E-state index in [2.05, 4.69) is 4.57 Å². The summed E-state index contributed by atoms with van der Waals surface area (Å²) >= 11 is 5.94. The van der Waals surface area contributed by atoms with Crippen molar-refractivity contribution in [1.29, 1.82) is 0 Å². The summed E-state index contributed by atoms with van der Waals surface area (Å²) in [6, 6.07) is 7.69. The van der Waals surface area contributed by atoms with E-state index in [-0.39, 0.29) is 0 Å². The van der Waals surface area contributed by atoms with Crippen LogP contribution in [0.1, 0.15) is 23.3 Å². The molecule has 1 heterocycles. The Kier molecular flexibility index (Phi) is 2.25. The molecule has 2 nitrogen and oxygen atoms in total. The Morgan fingerprint density at radius 2 is 2.19 bits per heavy atom. The van der Waals surface area contributed by atoms with Crippen molar-refractivity contribution in [1.82, 2.24) is 4.57 Å². The van der Waals surface area contributed by atoms with Crippen LogP contribution in [0, 0.1) is 5.92 Å². The van der Waals surface area contributed by atoms with Gasteiger partial charge in [-0.1, -0.05) is 11.6 Å². The molecule has 1 saturated carbocycles. The minimum absolute atomic E-state index is 0.716. The van der Waals surface area contributed by atoms with Gasteiger partial charge in [0.25, 0.3) is 0 Å². The normalized spacial score (nSPS) is 15.6. The molecule has 16 heavy (non-hydrogen) atoms. The summed E-state index contributed by atoms with van der Waals surface area (Å²) in [6.45, 7) is 0.958. The standard InChI is InChI=1S/C13H12ClNO/c14-11-3-4-13-10(5-11)6-12(8-16)15(13)7-9-1-2-9/h3-6,8-9H,1-2,7H2. The second kappa shape index (κ2) is 3.63. The van der Waals surface area contributed by atoms with Gasteiger partial charge in [-0.25, -0.2) is 0 Å². The molecular formula is C13H12ClNO. The van der Waals surface area contributed by atoms with Crippen LogP contribution in [0.5, 0.6) is 0 Å². The number of carbonyl (C=O) groups is 1. The molecule has 2 aromatic rings. The maximum atomic E-state index is 11.0. The van der Waals surface area contributed by atoms with Crippen LogP contribution in [-0.2, 0) is 6.54 Å². The molecule has 1 aliphatic carbocycles. The summed E-state index contributed by atoms with van der Waals surface area (Å²) < 4.78 is 2.11. The number of fused-ring (bicyclic) bond motifs is 1. The molecule has 0 bridgehead atoms. The number of carbonyl (C=O) groups excluding carboxylic acids is 1. The number of nitrogens with zero attached hydrogens (tertiary/aromatic N) is 1. The summed E-state index contributed by atoms with van der Waals surface area (Å²) in [7, 11) is 0. The maximum absolute atomic E-state index is 11.0. The molecule has 1 aromatic heterocycles. The van der Waals surface area contributed by atoms with E-state index >= 15 is 0 Å². The van der Waals surface area contributed by atoms with Gasteiger partial charge in [0.1, 0.15) is 0 Å². The highest BCUT2D eigenvalue weighted by Crippen LogP contribution is 2.33. The molecule has 0 spiro atoms. The van der Waals surface area contributed by atoms with Crippen molar-refractivity contribution in [3.63, 3.8) is 0 Å². The van der Waals surface area contributed by atoms with Crippen LogP contribution in [0.4, 0.5) is 0 Å². The van der Waals surface area contributed by atoms with Crippen molar-refractivity contribution in [3.05, 3.63) is 35.0 Å². The predicted octanol–water partition coefficient (Wildman–Crippen LogP) is 3.52. The van der Waals surface area contributed by atoms with Crippen LogP contribution < -0.4 is 0 Å². The van der Waals surface area contributed by atoms with Gasteiger partial charge in [0, 0.05) is 22.5 Å². The fourth-order valence-electron chi connectivity index (χ4n) is 2.12. The molecule has 1 fully saturated rings. The molecule has 3 heteroatoms. The largest absolute Gasteiger partial charge is 0.338 e. The van der Waals surface area contributed by atoms with Gasteiger partial charge in [-0.15, -0.1) is 0 Å². The predicted molar refractivity (Wildman–Crippen MR) is 65.1 cm³/mol. The average Bonchev–Trinajstić information content (AvgIpc) is 3.01. The molecule has 0 unspecified atom stereocenters. The van der Waals surface area contributed by atoms with E-state index in [1.165, 1.54) is 12.8 Å². The zero-order chi connectivity index (χ0) is 11.1. The first-order chi connectivity index (χ1) is 7.78. The Hall–Kier alpha value is -1.28. The maximum Gasteiger partial charge on any atom is 0.166 e.